The second-order valence-corrected chi connectivity index (χ2v) is 8.25. The van der Waals surface area contributed by atoms with E-state index in [1.54, 1.807) is 35.7 Å². The number of benzene rings is 2. The Bertz CT molecular complexity index is 1350. The Morgan fingerprint density at radius 3 is 2.69 bits per heavy atom. The number of carbonyl (C=O) groups is 1. The molecule has 1 amide bonds. The van der Waals surface area contributed by atoms with E-state index in [2.05, 4.69) is 20.4 Å². The zero-order valence-corrected chi connectivity index (χ0v) is 18.5. The van der Waals surface area contributed by atoms with E-state index in [1.807, 2.05) is 32.0 Å². The average molecular weight is 449 g/mol. The fraction of sp³-hybridized carbons (Fsp3) is 0.182. The minimum atomic E-state index is -0.463. The summed E-state index contributed by atoms with van der Waals surface area (Å²) in [5.74, 6) is 0.680. The van der Waals surface area contributed by atoms with Gasteiger partial charge in [-0.15, -0.1) is 5.10 Å². The Morgan fingerprint density at radius 2 is 1.91 bits per heavy atom. The van der Waals surface area contributed by atoms with Gasteiger partial charge in [0.1, 0.15) is 0 Å². The third-order valence-electron chi connectivity index (χ3n) is 4.88. The first-order valence-corrected chi connectivity index (χ1v) is 10.8. The summed E-state index contributed by atoms with van der Waals surface area (Å²) in [6.07, 6.45) is 0. The average Bonchev–Trinajstić information content (AvgIpc) is 3.17. The van der Waals surface area contributed by atoms with E-state index in [0.717, 1.165) is 17.0 Å². The lowest BCUT2D eigenvalue weighted by Gasteiger charge is -2.10. The van der Waals surface area contributed by atoms with Crippen molar-refractivity contribution >= 4 is 34.8 Å². The highest BCUT2D eigenvalue weighted by Gasteiger charge is 2.16. The first-order chi connectivity index (χ1) is 15.3. The maximum absolute atomic E-state index is 12.9. The van der Waals surface area contributed by atoms with Crippen molar-refractivity contribution in [3.8, 4) is 0 Å². The topological polar surface area (TPSA) is 115 Å². The standard InChI is InChI=1S/C22H20N6O3S/c1-13-8-9-17(11-19(13)28(30)31)24-20(29)18-7-5-4-6-16(18)12-32-22-25-21-23-14(2)10-15(3)27(21)26-22/h4-11H,12H2,1-3H3,(H,24,29). The summed E-state index contributed by atoms with van der Waals surface area (Å²) in [5, 5.41) is 19.0. The smallest absolute Gasteiger partial charge is 0.274 e. The van der Waals surface area contributed by atoms with E-state index in [0.29, 0.717) is 33.5 Å². The van der Waals surface area contributed by atoms with Crippen LogP contribution in [0, 0.1) is 30.9 Å². The summed E-state index contributed by atoms with van der Waals surface area (Å²) in [6.45, 7) is 5.51. The molecule has 0 spiro atoms. The number of nitrogens with zero attached hydrogens (tertiary/aromatic N) is 5. The highest BCUT2D eigenvalue weighted by atomic mass is 32.2. The van der Waals surface area contributed by atoms with E-state index >= 15 is 0 Å². The van der Waals surface area contributed by atoms with Crippen molar-refractivity contribution in [3.63, 3.8) is 0 Å². The van der Waals surface area contributed by atoms with Crippen LogP contribution in [0.3, 0.4) is 0 Å². The van der Waals surface area contributed by atoms with Gasteiger partial charge in [0.05, 0.1) is 4.92 Å². The minimum Gasteiger partial charge on any atom is -0.322 e. The maximum Gasteiger partial charge on any atom is 0.274 e. The lowest BCUT2D eigenvalue weighted by atomic mass is 10.1. The van der Waals surface area contributed by atoms with Crippen LogP contribution in [0.5, 0.6) is 0 Å². The Kier molecular flexibility index (Phi) is 5.87. The van der Waals surface area contributed by atoms with Gasteiger partial charge in [0, 0.05) is 40.0 Å². The molecule has 162 valence electrons. The first kappa shape index (κ1) is 21.4. The summed E-state index contributed by atoms with van der Waals surface area (Å²) in [4.78, 5) is 32.5. The lowest BCUT2D eigenvalue weighted by molar-refractivity contribution is -0.385. The number of thioether (sulfide) groups is 1. The van der Waals surface area contributed by atoms with E-state index in [4.69, 9.17) is 0 Å². The predicted molar refractivity (Wildman–Crippen MR) is 122 cm³/mol. The molecule has 10 heteroatoms. The van der Waals surface area contributed by atoms with Crippen LogP contribution in [0.4, 0.5) is 11.4 Å². The highest BCUT2D eigenvalue weighted by molar-refractivity contribution is 7.98. The summed E-state index contributed by atoms with van der Waals surface area (Å²) < 4.78 is 1.69. The molecular weight excluding hydrogens is 428 g/mol. The molecule has 2 aromatic carbocycles. The van der Waals surface area contributed by atoms with Gasteiger partial charge in [-0.3, -0.25) is 14.9 Å². The fourth-order valence-electron chi connectivity index (χ4n) is 3.30. The Hall–Kier alpha value is -3.79. The van der Waals surface area contributed by atoms with E-state index < -0.39 is 4.92 Å². The van der Waals surface area contributed by atoms with Gasteiger partial charge in [0.15, 0.2) is 0 Å². The number of fused-ring (bicyclic) bond motifs is 1. The number of nitrogens with one attached hydrogen (secondary N) is 1. The molecule has 0 unspecified atom stereocenters. The molecule has 4 aromatic rings. The number of aryl methyl sites for hydroxylation is 3. The number of nitro benzene ring substituents is 1. The number of carbonyl (C=O) groups excluding carboxylic acids is 1. The third-order valence-corrected chi connectivity index (χ3v) is 5.77. The van der Waals surface area contributed by atoms with Gasteiger partial charge in [-0.25, -0.2) is 9.50 Å². The molecule has 0 aliphatic rings. The molecule has 0 fully saturated rings. The molecule has 2 heterocycles. The second-order valence-electron chi connectivity index (χ2n) is 7.30. The molecule has 2 aromatic heterocycles. The van der Waals surface area contributed by atoms with Gasteiger partial charge in [-0.05, 0) is 44.5 Å². The third kappa shape index (κ3) is 4.45. The molecular formula is C22H20N6O3S. The molecule has 0 aliphatic heterocycles. The normalized spacial score (nSPS) is 11.0. The largest absolute Gasteiger partial charge is 0.322 e. The molecule has 4 rings (SSSR count). The van der Waals surface area contributed by atoms with Crippen LogP contribution < -0.4 is 5.32 Å². The van der Waals surface area contributed by atoms with Crippen molar-refractivity contribution in [2.24, 2.45) is 0 Å². The minimum absolute atomic E-state index is 0.0382. The summed E-state index contributed by atoms with van der Waals surface area (Å²) >= 11 is 1.41. The van der Waals surface area contributed by atoms with E-state index in [-0.39, 0.29) is 11.6 Å². The zero-order valence-electron chi connectivity index (χ0n) is 17.7. The maximum atomic E-state index is 12.9. The van der Waals surface area contributed by atoms with Crippen LogP contribution in [0.15, 0.2) is 53.7 Å². The van der Waals surface area contributed by atoms with Gasteiger partial charge in [-0.2, -0.15) is 4.98 Å². The molecule has 0 atom stereocenters. The van der Waals surface area contributed by atoms with Gasteiger partial charge in [0.2, 0.25) is 5.16 Å². The molecule has 0 aliphatic carbocycles. The summed E-state index contributed by atoms with van der Waals surface area (Å²) in [6, 6.07) is 13.8. The van der Waals surface area contributed by atoms with Gasteiger partial charge < -0.3 is 5.32 Å². The Labute approximate surface area is 188 Å². The van der Waals surface area contributed by atoms with Crippen molar-refractivity contribution in [2.75, 3.05) is 5.32 Å². The van der Waals surface area contributed by atoms with Crippen LogP contribution >= 0.6 is 11.8 Å². The van der Waals surface area contributed by atoms with Crippen molar-refractivity contribution < 1.29 is 9.72 Å². The van der Waals surface area contributed by atoms with Crippen molar-refractivity contribution in [2.45, 2.75) is 31.7 Å². The SMILES string of the molecule is Cc1cc(C)n2nc(SCc3ccccc3C(=O)Nc3ccc(C)c([N+](=O)[O-])c3)nc2n1. The van der Waals surface area contributed by atoms with Gasteiger partial charge in [-0.1, -0.05) is 36.0 Å². The van der Waals surface area contributed by atoms with Crippen molar-refractivity contribution in [3.05, 3.63) is 86.7 Å². The van der Waals surface area contributed by atoms with Crippen LogP contribution in [-0.2, 0) is 5.75 Å². The second kappa shape index (κ2) is 8.75. The zero-order chi connectivity index (χ0) is 22.8. The highest BCUT2D eigenvalue weighted by Crippen LogP contribution is 2.25. The number of rotatable bonds is 6. The van der Waals surface area contributed by atoms with E-state index in [9.17, 15) is 14.9 Å². The summed E-state index contributed by atoms with van der Waals surface area (Å²) in [5.41, 5.74) is 3.96. The molecule has 0 saturated carbocycles. The fourth-order valence-corrected chi connectivity index (χ4v) is 4.12. The number of hydrogen-bond acceptors (Lipinski definition) is 7. The van der Waals surface area contributed by atoms with Crippen LogP contribution in [0.1, 0.15) is 32.9 Å². The summed E-state index contributed by atoms with van der Waals surface area (Å²) in [7, 11) is 0. The number of nitro groups is 1. The monoisotopic (exact) mass is 448 g/mol. The lowest BCUT2D eigenvalue weighted by Crippen LogP contribution is -2.14. The number of amides is 1. The van der Waals surface area contributed by atoms with Crippen molar-refractivity contribution in [1.82, 2.24) is 19.6 Å². The van der Waals surface area contributed by atoms with Crippen LogP contribution in [-0.4, -0.2) is 30.4 Å². The van der Waals surface area contributed by atoms with E-state index in [1.165, 1.54) is 17.8 Å². The number of hydrogen-bond donors (Lipinski definition) is 1. The molecule has 0 radical (unpaired) electrons. The first-order valence-electron chi connectivity index (χ1n) is 9.80. The quantitative estimate of drug-likeness (QED) is 0.262. The van der Waals surface area contributed by atoms with Crippen molar-refractivity contribution in [1.29, 1.82) is 0 Å². The van der Waals surface area contributed by atoms with Gasteiger partial charge in [0.25, 0.3) is 17.4 Å². The Balaban J connectivity index is 1.53. The molecule has 32 heavy (non-hydrogen) atoms. The predicted octanol–water partition coefficient (Wildman–Crippen LogP) is 4.50. The number of anilines is 1. The van der Waals surface area contributed by atoms with Crippen LogP contribution in [0.2, 0.25) is 0 Å². The number of aromatic nitrogens is 4. The molecule has 1 N–H and O–H groups in total. The van der Waals surface area contributed by atoms with Crippen LogP contribution in [0.25, 0.3) is 5.78 Å². The Morgan fingerprint density at radius 1 is 1.12 bits per heavy atom. The van der Waals surface area contributed by atoms with Gasteiger partial charge >= 0.3 is 0 Å². The molecule has 0 bridgehead atoms. The molecule has 9 nitrogen and oxygen atoms in total. The molecule has 0 saturated heterocycles.